The first kappa shape index (κ1) is 22.2. The Labute approximate surface area is 190 Å². The average molecular weight is 449 g/mol. The van der Waals surface area contributed by atoms with E-state index in [1.807, 2.05) is 54.6 Å². The van der Waals surface area contributed by atoms with Crippen LogP contribution in [0, 0.1) is 0 Å². The number of hydrogen-bond acceptors (Lipinski definition) is 3. The van der Waals surface area contributed by atoms with Crippen molar-refractivity contribution in [1.29, 1.82) is 0 Å². The third kappa shape index (κ3) is 5.80. The van der Waals surface area contributed by atoms with Gasteiger partial charge in [0.2, 0.25) is 0 Å². The number of rotatable bonds is 7. The molecule has 1 saturated heterocycles. The summed E-state index contributed by atoms with van der Waals surface area (Å²) in [6.45, 7) is 3.86. The van der Waals surface area contributed by atoms with Gasteiger partial charge in [0.1, 0.15) is 17.3 Å². The lowest BCUT2D eigenvalue weighted by Gasteiger charge is -2.33. The highest BCUT2D eigenvalue weighted by Crippen LogP contribution is 2.51. The van der Waals surface area contributed by atoms with Crippen molar-refractivity contribution in [2.75, 3.05) is 13.1 Å². The summed E-state index contributed by atoms with van der Waals surface area (Å²) in [4.78, 5) is 2.23. The van der Waals surface area contributed by atoms with Crippen LogP contribution in [0.15, 0.2) is 95.8 Å². The van der Waals surface area contributed by atoms with Crippen LogP contribution >= 0.6 is 7.75 Å². The molecule has 0 spiro atoms. The predicted molar refractivity (Wildman–Crippen MR) is 129 cm³/mol. The van der Waals surface area contributed by atoms with E-state index in [-0.39, 0.29) is 5.92 Å². The molecule has 0 amide bonds. The van der Waals surface area contributed by atoms with Crippen molar-refractivity contribution < 1.29 is 13.6 Å². The van der Waals surface area contributed by atoms with Gasteiger partial charge in [0.05, 0.1) is 0 Å². The molecule has 166 valence electrons. The van der Waals surface area contributed by atoms with Crippen molar-refractivity contribution in [3.05, 3.63) is 96.6 Å². The van der Waals surface area contributed by atoms with Crippen LogP contribution in [-0.4, -0.2) is 23.8 Å². The molecule has 1 aliphatic rings. The lowest BCUT2D eigenvalue weighted by atomic mass is 9.98. The lowest BCUT2D eigenvalue weighted by Crippen LogP contribution is -2.38. The van der Waals surface area contributed by atoms with Gasteiger partial charge in [-0.05, 0) is 49.1 Å². The summed E-state index contributed by atoms with van der Waals surface area (Å²) in [5.41, 5.74) is 1.11. The Morgan fingerprint density at radius 2 is 1.25 bits per heavy atom. The van der Waals surface area contributed by atoms with Crippen LogP contribution in [-0.2, 0) is 4.57 Å². The van der Waals surface area contributed by atoms with E-state index in [2.05, 4.69) is 24.0 Å². The maximum absolute atomic E-state index is 14.1. The normalized spacial score (nSPS) is 15.8. The molecule has 1 fully saturated rings. The molecule has 0 bridgehead atoms. The number of piperidine rings is 1. The van der Waals surface area contributed by atoms with Gasteiger partial charge in [0.15, 0.2) is 0 Å². The molecule has 1 atom stereocenters. The Kier molecular flexibility index (Phi) is 7.28. The van der Waals surface area contributed by atoms with E-state index in [1.165, 1.54) is 6.42 Å². The minimum absolute atomic E-state index is 0.0543. The summed E-state index contributed by atoms with van der Waals surface area (Å²) in [5, 5.41) is 0. The molecule has 5 nitrogen and oxygen atoms in total. The van der Waals surface area contributed by atoms with Crippen molar-refractivity contribution in [3.63, 3.8) is 0 Å². The Bertz CT molecular complexity index is 1010. The van der Waals surface area contributed by atoms with E-state index < -0.39 is 7.75 Å². The molecule has 0 aromatic heterocycles. The summed E-state index contributed by atoms with van der Waals surface area (Å²) in [7, 11) is -3.91. The zero-order valence-electron chi connectivity index (χ0n) is 18.3. The Balaban J connectivity index is 1.75. The molecule has 4 rings (SSSR count). The molecule has 3 aromatic carbocycles. The van der Waals surface area contributed by atoms with E-state index >= 15 is 0 Å². The summed E-state index contributed by atoms with van der Waals surface area (Å²) in [6, 6.07) is 28.3. The van der Waals surface area contributed by atoms with Gasteiger partial charge < -0.3 is 13.9 Å². The van der Waals surface area contributed by atoms with Gasteiger partial charge in [-0.2, -0.15) is 0 Å². The first-order chi connectivity index (χ1) is 15.6. The number of benzene rings is 3. The standard InChI is InChI=1S/C26H29N2O3P/c1-22(23-14-6-2-7-15-23)26(28-20-12-5-13-21-28)27-32(29,30-24-16-8-3-9-17-24)31-25-18-10-4-11-19-25/h2-4,6-11,14-19,22H,5,12-13,20-21H2,1H3/b27-26-. The molecular weight excluding hydrogens is 419 g/mol. The van der Waals surface area contributed by atoms with Crippen molar-refractivity contribution in [3.8, 4) is 11.5 Å². The Hall–Kier alpha value is -3.04. The molecule has 0 aliphatic carbocycles. The third-order valence-corrected chi connectivity index (χ3v) is 6.85. The molecule has 0 saturated carbocycles. The number of nitrogens with zero attached hydrogens (tertiary/aromatic N) is 2. The first-order valence-electron chi connectivity index (χ1n) is 11.1. The van der Waals surface area contributed by atoms with Gasteiger partial charge >= 0.3 is 7.75 Å². The zero-order chi connectivity index (χ0) is 22.2. The molecule has 1 aliphatic heterocycles. The van der Waals surface area contributed by atoms with Crippen LogP contribution < -0.4 is 9.05 Å². The van der Waals surface area contributed by atoms with Gasteiger partial charge in [-0.15, -0.1) is 4.76 Å². The van der Waals surface area contributed by atoms with Crippen molar-refractivity contribution in [1.82, 2.24) is 4.90 Å². The van der Waals surface area contributed by atoms with Gasteiger partial charge in [-0.1, -0.05) is 73.7 Å². The second-order valence-electron chi connectivity index (χ2n) is 7.92. The SMILES string of the molecule is CC(/C(=N/P(=O)(Oc1ccccc1)Oc1ccccc1)N1CCCCC1)c1ccccc1. The zero-order valence-corrected chi connectivity index (χ0v) is 19.2. The van der Waals surface area contributed by atoms with Crippen LogP contribution in [0.3, 0.4) is 0 Å². The minimum Gasteiger partial charge on any atom is -0.399 e. The van der Waals surface area contributed by atoms with Crippen LogP contribution in [0.4, 0.5) is 0 Å². The molecule has 1 unspecified atom stereocenters. The van der Waals surface area contributed by atoms with Crippen molar-refractivity contribution in [2.24, 2.45) is 4.76 Å². The number of para-hydroxylation sites is 2. The summed E-state index contributed by atoms with van der Waals surface area (Å²) in [5.74, 6) is 1.61. The molecule has 0 radical (unpaired) electrons. The highest BCUT2D eigenvalue weighted by atomic mass is 31.2. The molecule has 3 aromatic rings. The highest BCUT2D eigenvalue weighted by Gasteiger charge is 2.33. The van der Waals surface area contributed by atoms with Crippen LogP contribution in [0.1, 0.15) is 37.7 Å². The van der Waals surface area contributed by atoms with Gasteiger partial charge in [-0.3, -0.25) is 0 Å². The van der Waals surface area contributed by atoms with Crippen LogP contribution in [0.5, 0.6) is 11.5 Å². The molecule has 0 N–H and O–H groups in total. The van der Waals surface area contributed by atoms with Gasteiger partial charge in [-0.25, -0.2) is 4.57 Å². The van der Waals surface area contributed by atoms with Crippen molar-refractivity contribution in [2.45, 2.75) is 32.1 Å². The van der Waals surface area contributed by atoms with E-state index in [1.54, 1.807) is 24.3 Å². The molecule has 1 heterocycles. The quantitative estimate of drug-likeness (QED) is 0.223. The van der Waals surface area contributed by atoms with Gasteiger partial charge in [0.25, 0.3) is 0 Å². The van der Waals surface area contributed by atoms with E-state index in [0.29, 0.717) is 11.5 Å². The summed E-state index contributed by atoms with van der Waals surface area (Å²) >= 11 is 0. The number of likely N-dealkylation sites (tertiary alicyclic amines) is 1. The second-order valence-corrected chi connectivity index (χ2v) is 9.42. The Morgan fingerprint density at radius 3 is 1.75 bits per heavy atom. The van der Waals surface area contributed by atoms with Crippen LogP contribution in [0.25, 0.3) is 0 Å². The monoisotopic (exact) mass is 448 g/mol. The second kappa shape index (κ2) is 10.5. The van der Waals surface area contributed by atoms with E-state index in [0.717, 1.165) is 37.3 Å². The molecule has 6 heteroatoms. The van der Waals surface area contributed by atoms with Crippen LogP contribution in [0.2, 0.25) is 0 Å². The largest absolute Gasteiger partial charge is 0.565 e. The highest BCUT2D eigenvalue weighted by molar-refractivity contribution is 7.53. The molecule has 32 heavy (non-hydrogen) atoms. The number of hydrogen-bond donors (Lipinski definition) is 0. The summed E-state index contributed by atoms with van der Waals surface area (Å²) in [6.07, 6.45) is 3.37. The van der Waals surface area contributed by atoms with E-state index in [4.69, 9.17) is 13.8 Å². The fraction of sp³-hybridized carbons (Fsp3) is 0.269. The minimum atomic E-state index is -3.91. The maximum Gasteiger partial charge on any atom is 0.565 e. The lowest BCUT2D eigenvalue weighted by molar-refractivity contribution is 0.331. The van der Waals surface area contributed by atoms with Crippen molar-refractivity contribution >= 4 is 13.6 Å². The maximum atomic E-state index is 14.1. The smallest absolute Gasteiger partial charge is 0.399 e. The number of amidine groups is 1. The first-order valence-corrected chi connectivity index (χ1v) is 12.6. The average Bonchev–Trinajstić information content (AvgIpc) is 2.84. The Morgan fingerprint density at radius 1 is 0.781 bits per heavy atom. The predicted octanol–water partition coefficient (Wildman–Crippen LogP) is 6.94. The topological polar surface area (TPSA) is 51.1 Å². The molecular formula is C26H29N2O3P. The van der Waals surface area contributed by atoms with Gasteiger partial charge in [0, 0.05) is 19.0 Å². The summed E-state index contributed by atoms with van der Waals surface area (Å²) < 4.78 is 30.7. The fourth-order valence-electron chi connectivity index (χ4n) is 3.85. The third-order valence-electron chi connectivity index (χ3n) is 5.52. The van der Waals surface area contributed by atoms with E-state index in [9.17, 15) is 4.57 Å². The fourth-order valence-corrected chi connectivity index (χ4v) is 5.30.